The Morgan fingerprint density at radius 2 is 1.90 bits per heavy atom. The molecule has 158 valence electrons. The summed E-state index contributed by atoms with van der Waals surface area (Å²) in [6, 6.07) is 11.0. The van der Waals surface area contributed by atoms with Crippen molar-refractivity contribution >= 4 is 5.96 Å². The zero-order chi connectivity index (χ0) is 20.7. The number of nitrogens with one attached hydrogen (secondary N) is 3. The van der Waals surface area contributed by atoms with Crippen molar-refractivity contribution in [1.82, 2.24) is 20.9 Å². The fraction of sp³-hybridized carbons (Fsp3) is 0.565. The molecular formula is C23H35N5O. The molecule has 0 amide bonds. The first-order valence-electron chi connectivity index (χ1n) is 10.8. The van der Waals surface area contributed by atoms with Crippen LogP contribution in [0.5, 0.6) is 0 Å². The number of nitrogens with zero attached hydrogens (tertiary/aromatic N) is 2. The summed E-state index contributed by atoms with van der Waals surface area (Å²) >= 11 is 0. The molecule has 0 radical (unpaired) electrons. The fourth-order valence-electron chi connectivity index (χ4n) is 4.06. The van der Waals surface area contributed by atoms with Crippen LogP contribution in [0, 0.1) is 13.8 Å². The van der Waals surface area contributed by atoms with Crippen molar-refractivity contribution in [2.75, 3.05) is 13.1 Å². The third-order valence-corrected chi connectivity index (χ3v) is 5.77. The van der Waals surface area contributed by atoms with Crippen LogP contribution < -0.4 is 16.0 Å². The van der Waals surface area contributed by atoms with Gasteiger partial charge in [0.15, 0.2) is 5.96 Å². The third-order valence-electron chi connectivity index (χ3n) is 5.77. The summed E-state index contributed by atoms with van der Waals surface area (Å²) in [5.41, 5.74) is 2.34. The summed E-state index contributed by atoms with van der Waals surface area (Å²) in [6.07, 6.45) is 4.88. The number of hydrogen-bond acceptors (Lipinski definition) is 4. The van der Waals surface area contributed by atoms with E-state index in [1.165, 1.54) is 31.2 Å². The van der Waals surface area contributed by atoms with Crippen LogP contribution in [0.25, 0.3) is 0 Å². The van der Waals surface area contributed by atoms with E-state index in [4.69, 9.17) is 4.42 Å². The summed E-state index contributed by atoms with van der Waals surface area (Å²) in [5, 5.41) is 10.8. The Morgan fingerprint density at radius 3 is 2.52 bits per heavy atom. The molecule has 0 saturated heterocycles. The Labute approximate surface area is 174 Å². The Bertz CT molecular complexity index is 773. The predicted octanol–water partition coefficient (Wildman–Crippen LogP) is 4.01. The lowest BCUT2D eigenvalue weighted by molar-refractivity contribution is 0.297. The van der Waals surface area contributed by atoms with Crippen LogP contribution in [-0.2, 0) is 6.54 Å². The largest absolute Gasteiger partial charge is 0.444 e. The molecule has 1 aromatic carbocycles. The van der Waals surface area contributed by atoms with E-state index in [2.05, 4.69) is 70.1 Å². The second-order valence-corrected chi connectivity index (χ2v) is 8.06. The molecular weight excluding hydrogens is 362 g/mol. The quantitative estimate of drug-likeness (QED) is 0.464. The second-order valence-electron chi connectivity index (χ2n) is 8.06. The summed E-state index contributed by atoms with van der Waals surface area (Å²) < 4.78 is 5.66. The van der Waals surface area contributed by atoms with Crippen LogP contribution in [0.4, 0.5) is 0 Å². The van der Waals surface area contributed by atoms with Gasteiger partial charge in [0, 0.05) is 24.7 Å². The number of hydrogen-bond donors (Lipinski definition) is 3. The monoisotopic (exact) mass is 397 g/mol. The van der Waals surface area contributed by atoms with Crippen LogP contribution in [0.1, 0.15) is 68.5 Å². The number of oxazole rings is 1. The first kappa shape index (κ1) is 21.4. The second kappa shape index (κ2) is 9.92. The molecule has 0 bridgehead atoms. The van der Waals surface area contributed by atoms with Crippen molar-refractivity contribution in [2.24, 2.45) is 4.99 Å². The molecule has 6 heteroatoms. The molecule has 2 aromatic rings. The molecule has 1 aromatic heterocycles. The molecule has 29 heavy (non-hydrogen) atoms. The fourth-order valence-corrected chi connectivity index (χ4v) is 4.06. The van der Waals surface area contributed by atoms with Gasteiger partial charge in [-0.1, -0.05) is 43.2 Å². The highest BCUT2D eigenvalue weighted by Crippen LogP contribution is 2.31. The van der Waals surface area contributed by atoms with E-state index in [0.29, 0.717) is 18.5 Å². The van der Waals surface area contributed by atoms with Gasteiger partial charge in [-0.15, -0.1) is 0 Å². The lowest BCUT2D eigenvalue weighted by Crippen LogP contribution is -2.54. The summed E-state index contributed by atoms with van der Waals surface area (Å²) in [5.74, 6) is 2.32. The Balaban J connectivity index is 1.64. The molecule has 3 N–H and O–H groups in total. The van der Waals surface area contributed by atoms with Gasteiger partial charge in [-0.25, -0.2) is 9.98 Å². The average Bonchev–Trinajstić information content (AvgIpc) is 3.31. The number of aliphatic imine (C=N–C) groups is 1. The molecule has 1 saturated carbocycles. The maximum Gasteiger partial charge on any atom is 0.216 e. The van der Waals surface area contributed by atoms with Gasteiger partial charge in [0.1, 0.15) is 12.3 Å². The standard InChI is InChI=1S/C23H35N5O/c1-5-24-22(25-15-21-27-17(2)19(4)29-21)26-16-23(13-9-10-14-23)28-18(3)20-11-7-6-8-12-20/h6-8,11-12,18,28H,5,9-10,13-16H2,1-4H3,(H2,24,25,26). The van der Waals surface area contributed by atoms with Gasteiger partial charge in [0.2, 0.25) is 5.89 Å². The van der Waals surface area contributed by atoms with Gasteiger partial charge in [-0.3, -0.25) is 0 Å². The Kier molecular flexibility index (Phi) is 7.31. The molecule has 1 aliphatic rings. The van der Waals surface area contributed by atoms with E-state index in [-0.39, 0.29) is 5.54 Å². The van der Waals surface area contributed by atoms with Gasteiger partial charge in [-0.2, -0.15) is 0 Å². The van der Waals surface area contributed by atoms with E-state index in [1.807, 2.05) is 13.8 Å². The molecule has 1 fully saturated rings. The van der Waals surface area contributed by atoms with Crippen LogP contribution >= 0.6 is 0 Å². The minimum Gasteiger partial charge on any atom is -0.444 e. The van der Waals surface area contributed by atoms with Gasteiger partial charge in [0.05, 0.1) is 5.69 Å². The molecule has 0 spiro atoms. The maximum absolute atomic E-state index is 5.66. The normalized spacial score (nSPS) is 17.3. The Morgan fingerprint density at radius 1 is 1.17 bits per heavy atom. The topological polar surface area (TPSA) is 74.5 Å². The highest BCUT2D eigenvalue weighted by Gasteiger charge is 2.35. The Hall–Kier alpha value is -2.34. The van der Waals surface area contributed by atoms with Crippen molar-refractivity contribution in [3.8, 4) is 0 Å². The lowest BCUT2D eigenvalue weighted by atomic mass is 9.94. The zero-order valence-corrected chi connectivity index (χ0v) is 18.2. The molecule has 1 atom stereocenters. The molecule has 0 aliphatic heterocycles. The highest BCUT2D eigenvalue weighted by molar-refractivity contribution is 5.79. The predicted molar refractivity (Wildman–Crippen MR) is 118 cm³/mol. The van der Waals surface area contributed by atoms with E-state index in [1.54, 1.807) is 0 Å². The lowest BCUT2D eigenvalue weighted by Gasteiger charge is -2.35. The van der Waals surface area contributed by atoms with Crippen molar-refractivity contribution in [3.63, 3.8) is 0 Å². The van der Waals surface area contributed by atoms with E-state index < -0.39 is 0 Å². The van der Waals surface area contributed by atoms with Crippen LogP contribution in [0.2, 0.25) is 0 Å². The van der Waals surface area contributed by atoms with Gasteiger partial charge >= 0.3 is 0 Å². The van der Waals surface area contributed by atoms with E-state index in [0.717, 1.165) is 30.5 Å². The third kappa shape index (κ3) is 5.82. The smallest absolute Gasteiger partial charge is 0.216 e. The zero-order valence-electron chi connectivity index (χ0n) is 18.2. The molecule has 3 rings (SSSR count). The molecule has 1 heterocycles. The number of rotatable bonds is 8. The molecule has 6 nitrogen and oxygen atoms in total. The number of benzene rings is 1. The van der Waals surface area contributed by atoms with Crippen LogP contribution in [-0.4, -0.2) is 29.6 Å². The van der Waals surface area contributed by atoms with Gasteiger partial charge in [0.25, 0.3) is 0 Å². The average molecular weight is 398 g/mol. The highest BCUT2D eigenvalue weighted by atomic mass is 16.4. The SMILES string of the molecule is CCNC(=NCc1nc(C)c(C)o1)NCC1(NC(C)c2ccccc2)CCCC1. The first-order chi connectivity index (χ1) is 14.0. The molecule has 1 unspecified atom stereocenters. The summed E-state index contributed by atoms with van der Waals surface area (Å²) in [6.45, 7) is 10.3. The maximum atomic E-state index is 5.66. The molecule has 1 aliphatic carbocycles. The van der Waals surface area contributed by atoms with Gasteiger partial charge < -0.3 is 20.4 Å². The minimum atomic E-state index is 0.0849. The van der Waals surface area contributed by atoms with Crippen LogP contribution in [0.15, 0.2) is 39.7 Å². The van der Waals surface area contributed by atoms with E-state index in [9.17, 15) is 0 Å². The van der Waals surface area contributed by atoms with Crippen molar-refractivity contribution in [3.05, 3.63) is 53.2 Å². The van der Waals surface area contributed by atoms with E-state index >= 15 is 0 Å². The number of aromatic nitrogens is 1. The summed E-state index contributed by atoms with van der Waals surface area (Å²) in [4.78, 5) is 9.10. The van der Waals surface area contributed by atoms with Crippen molar-refractivity contribution < 1.29 is 4.42 Å². The van der Waals surface area contributed by atoms with Crippen LogP contribution in [0.3, 0.4) is 0 Å². The van der Waals surface area contributed by atoms with Crippen molar-refractivity contribution in [2.45, 2.75) is 71.5 Å². The number of aryl methyl sites for hydroxylation is 2. The minimum absolute atomic E-state index is 0.0849. The summed E-state index contributed by atoms with van der Waals surface area (Å²) in [7, 11) is 0. The number of guanidine groups is 1. The van der Waals surface area contributed by atoms with Crippen molar-refractivity contribution in [1.29, 1.82) is 0 Å². The first-order valence-corrected chi connectivity index (χ1v) is 10.8. The van der Waals surface area contributed by atoms with Gasteiger partial charge in [-0.05, 0) is 46.1 Å².